The Kier molecular flexibility index (Phi) is 4.66. The molecule has 0 bridgehead atoms. The van der Waals surface area contributed by atoms with Gasteiger partial charge < -0.3 is 0 Å². The molecule has 6 nitrogen and oxygen atoms in total. The Morgan fingerprint density at radius 2 is 1.42 bits per heavy atom. The number of anilines is 2. The van der Waals surface area contributed by atoms with Crippen LogP contribution in [0.25, 0.3) is 0 Å². The van der Waals surface area contributed by atoms with E-state index in [4.69, 9.17) is 28.1 Å². The van der Waals surface area contributed by atoms with Gasteiger partial charge in [0, 0.05) is 21.2 Å². The summed E-state index contributed by atoms with van der Waals surface area (Å²) in [5, 5.41) is 10.0. The molecule has 156 valence electrons. The SMILES string of the molecule is Cc1c(Cl)c(C)c(C2=NON3N(C(=O)c4ccccc4)c4ccccc4N23)c(C)c1Cl. The van der Waals surface area contributed by atoms with Crippen LogP contribution in [0.15, 0.2) is 59.8 Å². The molecule has 8 heteroatoms. The van der Waals surface area contributed by atoms with Gasteiger partial charge in [0.05, 0.1) is 16.7 Å². The van der Waals surface area contributed by atoms with E-state index in [-0.39, 0.29) is 5.91 Å². The number of oxime groups is 1. The number of carbonyl (C=O) groups is 1. The van der Waals surface area contributed by atoms with Crippen LogP contribution in [0.4, 0.5) is 11.4 Å². The van der Waals surface area contributed by atoms with E-state index in [1.54, 1.807) is 17.1 Å². The van der Waals surface area contributed by atoms with Crippen molar-refractivity contribution in [2.24, 2.45) is 5.16 Å². The molecule has 3 aromatic carbocycles. The number of fused-ring (bicyclic) bond motifs is 3. The first kappa shape index (κ1) is 19.9. The van der Waals surface area contributed by atoms with E-state index in [9.17, 15) is 4.79 Å². The monoisotopic (exact) mass is 452 g/mol. The Morgan fingerprint density at radius 1 is 0.839 bits per heavy atom. The molecular formula is C23H18Cl2N4O2. The number of benzene rings is 3. The molecule has 0 aliphatic carbocycles. The van der Waals surface area contributed by atoms with Crippen molar-refractivity contribution in [3.63, 3.8) is 0 Å². The van der Waals surface area contributed by atoms with Crippen molar-refractivity contribution in [2.75, 3.05) is 10.0 Å². The summed E-state index contributed by atoms with van der Waals surface area (Å²) >= 11 is 13.1. The first-order chi connectivity index (χ1) is 14.9. The van der Waals surface area contributed by atoms with Gasteiger partial charge in [0.15, 0.2) is 0 Å². The number of carbonyl (C=O) groups excluding carboxylic acids is 1. The van der Waals surface area contributed by atoms with E-state index >= 15 is 0 Å². The van der Waals surface area contributed by atoms with Crippen molar-refractivity contribution < 1.29 is 9.73 Å². The molecule has 0 spiro atoms. The van der Waals surface area contributed by atoms with E-state index in [2.05, 4.69) is 5.16 Å². The van der Waals surface area contributed by atoms with Crippen LogP contribution in [0.1, 0.15) is 32.6 Å². The molecule has 2 aliphatic rings. The van der Waals surface area contributed by atoms with Crippen LogP contribution in [0.5, 0.6) is 0 Å². The maximum Gasteiger partial charge on any atom is 0.277 e. The summed E-state index contributed by atoms with van der Waals surface area (Å²) in [5.41, 5.74) is 5.25. The normalized spacial score (nSPS) is 14.9. The van der Waals surface area contributed by atoms with Gasteiger partial charge in [-0.25, -0.2) is 0 Å². The highest BCUT2D eigenvalue weighted by Crippen LogP contribution is 2.44. The number of nitrogens with zero attached hydrogens (tertiary/aromatic N) is 4. The molecule has 0 saturated heterocycles. The number of rotatable bonds is 2. The van der Waals surface area contributed by atoms with Gasteiger partial charge in [-0.2, -0.15) is 10.0 Å². The molecular weight excluding hydrogens is 435 g/mol. The Bertz CT molecular complexity index is 1230. The quantitative estimate of drug-likeness (QED) is 0.490. The van der Waals surface area contributed by atoms with Crippen LogP contribution in [0.2, 0.25) is 10.0 Å². The molecule has 0 atom stereocenters. The molecule has 0 fully saturated rings. The predicted octanol–water partition coefficient (Wildman–Crippen LogP) is 5.82. The van der Waals surface area contributed by atoms with Crippen molar-refractivity contribution in [1.29, 1.82) is 0 Å². The van der Waals surface area contributed by atoms with Crippen LogP contribution >= 0.6 is 23.2 Å². The Morgan fingerprint density at radius 3 is 2.06 bits per heavy atom. The van der Waals surface area contributed by atoms with E-state index < -0.39 is 0 Å². The van der Waals surface area contributed by atoms with Crippen molar-refractivity contribution in [3.8, 4) is 0 Å². The summed E-state index contributed by atoms with van der Waals surface area (Å²) in [5.74, 6) is 0.273. The molecule has 3 aromatic rings. The summed E-state index contributed by atoms with van der Waals surface area (Å²) < 4.78 is 0. The molecule has 2 aliphatic heterocycles. The standard InChI is InChI=1S/C23H18Cl2N4O2/c1-13-19(14(2)21(25)15(3)20(13)24)22-26-31-29-27(22)17-11-7-8-12-18(17)28(29)23(30)16-9-5-4-6-10-16/h4-12H,1-3H3. The lowest BCUT2D eigenvalue weighted by Crippen LogP contribution is -2.49. The van der Waals surface area contributed by atoms with Gasteiger partial charge in [-0.1, -0.05) is 53.5 Å². The Hall–Kier alpha value is -3.06. The Balaban J connectivity index is 1.65. The second-order valence-corrected chi connectivity index (χ2v) is 8.17. The zero-order chi connectivity index (χ0) is 21.9. The number of amides is 1. The van der Waals surface area contributed by atoms with Crippen molar-refractivity contribution in [3.05, 3.63) is 92.5 Å². The smallest absolute Gasteiger partial charge is 0.267 e. The molecule has 0 aromatic heterocycles. The molecule has 0 N–H and O–H groups in total. The average molecular weight is 453 g/mol. The maximum atomic E-state index is 13.4. The maximum absolute atomic E-state index is 13.4. The first-order valence-electron chi connectivity index (χ1n) is 9.70. The summed E-state index contributed by atoms with van der Waals surface area (Å²) in [6.07, 6.45) is 0. The molecule has 0 radical (unpaired) electrons. The van der Waals surface area contributed by atoms with E-state index in [1.165, 1.54) is 10.3 Å². The van der Waals surface area contributed by atoms with Crippen LogP contribution in [-0.4, -0.2) is 17.0 Å². The third-order valence-electron chi connectivity index (χ3n) is 5.58. The average Bonchev–Trinajstić information content (AvgIpc) is 3.35. The van der Waals surface area contributed by atoms with E-state index in [0.717, 1.165) is 27.9 Å². The van der Waals surface area contributed by atoms with Gasteiger partial charge in [-0.15, -0.1) is 0 Å². The number of hydrogen-bond acceptors (Lipinski definition) is 5. The minimum atomic E-state index is -0.236. The van der Waals surface area contributed by atoms with Crippen molar-refractivity contribution in [2.45, 2.75) is 20.8 Å². The second kappa shape index (κ2) is 7.27. The zero-order valence-corrected chi connectivity index (χ0v) is 18.6. The third-order valence-corrected chi connectivity index (χ3v) is 6.72. The molecule has 0 saturated carbocycles. The molecule has 5 rings (SSSR count). The minimum Gasteiger partial charge on any atom is -0.267 e. The van der Waals surface area contributed by atoms with Gasteiger partial charge in [0.25, 0.3) is 5.91 Å². The fourth-order valence-electron chi connectivity index (χ4n) is 4.01. The highest BCUT2D eigenvalue weighted by Gasteiger charge is 2.47. The van der Waals surface area contributed by atoms with E-state index in [1.807, 2.05) is 63.2 Å². The van der Waals surface area contributed by atoms with Gasteiger partial charge in [0.2, 0.25) is 5.84 Å². The van der Waals surface area contributed by atoms with Crippen molar-refractivity contribution in [1.82, 2.24) is 5.28 Å². The van der Waals surface area contributed by atoms with Crippen LogP contribution < -0.4 is 10.0 Å². The van der Waals surface area contributed by atoms with E-state index in [0.29, 0.717) is 27.1 Å². The van der Waals surface area contributed by atoms with Gasteiger partial charge >= 0.3 is 0 Å². The Labute approximate surface area is 189 Å². The summed E-state index contributed by atoms with van der Waals surface area (Å²) in [7, 11) is 0. The van der Waals surface area contributed by atoms with Crippen molar-refractivity contribution >= 4 is 46.3 Å². The lowest BCUT2D eigenvalue weighted by Gasteiger charge is -2.25. The fraction of sp³-hybridized carbons (Fsp3) is 0.130. The molecule has 0 unspecified atom stereocenters. The minimum absolute atomic E-state index is 0.236. The number of amidine groups is 1. The number of halogens is 2. The predicted molar refractivity (Wildman–Crippen MR) is 122 cm³/mol. The molecule has 31 heavy (non-hydrogen) atoms. The summed E-state index contributed by atoms with van der Waals surface area (Å²) in [4.78, 5) is 19.0. The number of hydrogen-bond donors (Lipinski definition) is 0. The fourth-order valence-corrected chi connectivity index (χ4v) is 4.44. The molecule has 2 heterocycles. The summed E-state index contributed by atoms with van der Waals surface area (Å²) in [6, 6.07) is 16.6. The van der Waals surface area contributed by atoms with Crippen LogP contribution in [0, 0.1) is 20.8 Å². The largest absolute Gasteiger partial charge is 0.277 e. The second-order valence-electron chi connectivity index (χ2n) is 7.41. The van der Waals surface area contributed by atoms with Gasteiger partial charge in [-0.3, -0.25) is 9.73 Å². The highest BCUT2D eigenvalue weighted by atomic mass is 35.5. The zero-order valence-electron chi connectivity index (χ0n) is 17.1. The van der Waals surface area contributed by atoms with Gasteiger partial charge in [-0.05, 0) is 66.9 Å². The van der Waals surface area contributed by atoms with Gasteiger partial charge in [0.1, 0.15) is 0 Å². The lowest BCUT2D eigenvalue weighted by atomic mass is 9.98. The number of hydrazine groups is 2. The third kappa shape index (κ3) is 2.83. The van der Waals surface area contributed by atoms with Crippen LogP contribution in [-0.2, 0) is 4.94 Å². The number of para-hydroxylation sites is 2. The lowest BCUT2D eigenvalue weighted by molar-refractivity contribution is -0.135. The highest BCUT2D eigenvalue weighted by molar-refractivity contribution is 6.38. The molecule has 1 amide bonds. The summed E-state index contributed by atoms with van der Waals surface area (Å²) in [6.45, 7) is 5.74. The topological polar surface area (TPSA) is 48.4 Å². The van der Waals surface area contributed by atoms with Crippen LogP contribution in [0.3, 0.4) is 0 Å². The first-order valence-corrected chi connectivity index (χ1v) is 10.5.